The Labute approximate surface area is 186 Å². The summed E-state index contributed by atoms with van der Waals surface area (Å²) in [5, 5.41) is 15.0. The van der Waals surface area contributed by atoms with Gasteiger partial charge >= 0.3 is 0 Å². The molecule has 0 aliphatic rings. The predicted octanol–water partition coefficient (Wildman–Crippen LogP) is 6.30. The summed E-state index contributed by atoms with van der Waals surface area (Å²) in [5.74, 6) is 0. The van der Waals surface area contributed by atoms with Crippen molar-refractivity contribution in [1.29, 1.82) is 0 Å². The van der Waals surface area contributed by atoms with Gasteiger partial charge in [-0.25, -0.2) is 9.97 Å². The Morgan fingerprint density at radius 2 is 1.93 bits per heavy atom. The molecule has 1 aromatic carbocycles. The first-order valence-electron chi connectivity index (χ1n) is 10.1. The van der Waals surface area contributed by atoms with Gasteiger partial charge in [0.05, 0.1) is 21.4 Å². The minimum Gasteiger partial charge on any atom is -0.400 e. The Bertz CT molecular complexity index is 1090. The SMILES string of the molecule is CC.CC/C=C(\CNC)c1cc2c(Nc3ccc4scnc4c3)ccnc2s1.CO. The van der Waals surface area contributed by atoms with Crippen LogP contribution in [0.15, 0.2) is 48.1 Å². The fourth-order valence-electron chi connectivity index (χ4n) is 2.99. The highest BCUT2D eigenvalue weighted by Crippen LogP contribution is 2.35. The van der Waals surface area contributed by atoms with Crippen molar-refractivity contribution in [2.24, 2.45) is 0 Å². The molecule has 4 rings (SSSR count). The molecular weight excluding hydrogens is 412 g/mol. The summed E-state index contributed by atoms with van der Waals surface area (Å²) in [6, 6.07) is 10.6. The van der Waals surface area contributed by atoms with Gasteiger partial charge in [0.25, 0.3) is 0 Å². The van der Waals surface area contributed by atoms with Crippen LogP contribution < -0.4 is 10.6 Å². The van der Waals surface area contributed by atoms with Gasteiger partial charge in [0, 0.05) is 35.8 Å². The van der Waals surface area contributed by atoms with Crippen LogP contribution in [0, 0.1) is 0 Å². The molecule has 0 aliphatic carbocycles. The zero-order valence-electron chi connectivity index (χ0n) is 18.2. The summed E-state index contributed by atoms with van der Waals surface area (Å²) in [5.41, 5.74) is 6.36. The van der Waals surface area contributed by atoms with E-state index in [1.54, 1.807) is 22.7 Å². The van der Waals surface area contributed by atoms with Crippen molar-refractivity contribution in [3.8, 4) is 0 Å². The third-order valence-electron chi connectivity index (χ3n) is 4.18. The Morgan fingerprint density at radius 1 is 1.13 bits per heavy atom. The molecule has 0 aliphatic heterocycles. The fraction of sp³-hybridized carbons (Fsp3) is 0.304. The quantitative estimate of drug-likeness (QED) is 0.327. The number of nitrogens with zero attached hydrogens (tertiary/aromatic N) is 2. The molecule has 0 fully saturated rings. The predicted molar refractivity (Wildman–Crippen MR) is 134 cm³/mol. The number of pyridine rings is 1. The van der Waals surface area contributed by atoms with Gasteiger partial charge in [-0.1, -0.05) is 26.8 Å². The van der Waals surface area contributed by atoms with E-state index in [2.05, 4.69) is 57.9 Å². The lowest BCUT2D eigenvalue weighted by Gasteiger charge is -2.07. The maximum absolute atomic E-state index is 7.00. The van der Waals surface area contributed by atoms with Crippen molar-refractivity contribution in [2.75, 3.05) is 26.0 Å². The lowest BCUT2D eigenvalue weighted by molar-refractivity contribution is 0.399. The van der Waals surface area contributed by atoms with Crippen LogP contribution in [0.2, 0.25) is 0 Å². The van der Waals surface area contributed by atoms with Gasteiger partial charge in [0.2, 0.25) is 0 Å². The van der Waals surface area contributed by atoms with Crippen molar-refractivity contribution in [3.05, 3.63) is 53.0 Å². The molecule has 3 heterocycles. The first kappa shape index (κ1) is 24.0. The lowest BCUT2D eigenvalue weighted by Crippen LogP contribution is -2.08. The number of aliphatic hydroxyl groups is 1. The molecule has 5 nitrogen and oxygen atoms in total. The van der Waals surface area contributed by atoms with Crippen LogP contribution in [-0.2, 0) is 0 Å². The Kier molecular flexibility index (Phi) is 9.89. The van der Waals surface area contributed by atoms with Crippen LogP contribution in [-0.4, -0.2) is 35.8 Å². The van der Waals surface area contributed by atoms with Gasteiger partial charge in [0.1, 0.15) is 4.83 Å². The normalized spacial score (nSPS) is 10.9. The number of allylic oxidation sites excluding steroid dienone is 1. The Hall–Kier alpha value is -2.32. The van der Waals surface area contributed by atoms with E-state index in [4.69, 9.17) is 5.11 Å². The van der Waals surface area contributed by atoms with E-state index >= 15 is 0 Å². The van der Waals surface area contributed by atoms with E-state index in [0.29, 0.717) is 0 Å². The summed E-state index contributed by atoms with van der Waals surface area (Å²) in [7, 11) is 2.98. The second-order valence-electron chi connectivity index (χ2n) is 6.02. The first-order chi connectivity index (χ1) is 14.8. The average Bonchev–Trinajstić information content (AvgIpc) is 3.43. The molecule has 7 heteroatoms. The molecule has 0 amide bonds. The van der Waals surface area contributed by atoms with E-state index in [0.717, 1.165) is 47.2 Å². The molecule has 0 radical (unpaired) electrons. The third kappa shape index (κ3) is 5.64. The molecule has 0 spiro atoms. The van der Waals surface area contributed by atoms with Crippen LogP contribution in [0.5, 0.6) is 0 Å². The number of thiazole rings is 1. The van der Waals surface area contributed by atoms with Crippen molar-refractivity contribution in [1.82, 2.24) is 15.3 Å². The summed E-state index contributed by atoms with van der Waals surface area (Å²) in [6.45, 7) is 7.03. The molecule has 0 unspecified atom stereocenters. The van der Waals surface area contributed by atoms with Crippen LogP contribution in [0.4, 0.5) is 11.4 Å². The maximum atomic E-state index is 7.00. The standard InChI is InChI=1S/C20H20N4S2.C2H6.CH4O/c1-3-4-13(11-21-2)19-10-15-16(7-8-22-20(15)26-19)24-14-5-6-18-17(9-14)23-12-25-18;2*1-2/h4-10,12,21H,3,11H2,1-2H3,(H,22,24);1-2H3;2H,1H3/b13-4+;;. The molecule has 0 bridgehead atoms. The molecular formula is C23H30N4OS2. The van der Waals surface area contributed by atoms with Crippen molar-refractivity contribution in [2.45, 2.75) is 27.2 Å². The smallest absolute Gasteiger partial charge is 0.125 e. The highest BCUT2D eigenvalue weighted by Gasteiger charge is 2.11. The third-order valence-corrected chi connectivity index (χ3v) is 6.11. The van der Waals surface area contributed by atoms with Crippen LogP contribution in [0.1, 0.15) is 32.1 Å². The molecule has 0 saturated heterocycles. The Morgan fingerprint density at radius 3 is 2.67 bits per heavy atom. The Balaban J connectivity index is 0.000000757. The van der Waals surface area contributed by atoms with Crippen molar-refractivity contribution < 1.29 is 5.11 Å². The first-order valence-corrected chi connectivity index (χ1v) is 11.8. The molecule has 4 aromatic rings. The number of thiophene rings is 1. The topological polar surface area (TPSA) is 70.1 Å². The minimum absolute atomic E-state index is 0.865. The highest BCUT2D eigenvalue weighted by atomic mass is 32.1. The monoisotopic (exact) mass is 442 g/mol. The average molecular weight is 443 g/mol. The molecule has 0 atom stereocenters. The van der Waals surface area contributed by atoms with Crippen LogP contribution in [0.3, 0.4) is 0 Å². The number of hydrogen-bond donors (Lipinski definition) is 3. The summed E-state index contributed by atoms with van der Waals surface area (Å²) in [6.07, 6.45) is 5.18. The van der Waals surface area contributed by atoms with Crippen molar-refractivity contribution >= 4 is 60.1 Å². The number of nitrogens with one attached hydrogen (secondary N) is 2. The van der Waals surface area contributed by atoms with E-state index in [9.17, 15) is 0 Å². The van der Waals surface area contributed by atoms with E-state index in [-0.39, 0.29) is 0 Å². The fourth-order valence-corrected chi connectivity index (χ4v) is 4.72. The number of aromatic nitrogens is 2. The summed E-state index contributed by atoms with van der Waals surface area (Å²) in [4.78, 5) is 11.3. The lowest BCUT2D eigenvalue weighted by atomic mass is 10.1. The highest BCUT2D eigenvalue weighted by molar-refractivity contribution is 7.19. The maximum Gasteiger partial charge on any atom is 0.125 e. The molecule has 30 heavy (non-hydrogen) atoms. The summed E-state index contributed by atoms with van der Waals surface area (Å²) < 4.78 is 1.20. The molecule has 0 saturated carbocycles. The number of fused-ring (bicyclic) bond motifs is 2. The van der Waals surface area contributed by atoms with Gasteiger partial charge < -0.3 is 15.7 Å². The van der Waals surface area contributed by atoms with E-state index in [1.165, 1.54) is 15.2 Å². The van der Waals surface area contributed by atoms with Gasteiger partial charge in [-0.05, 0) is 49.4 Å². The number of benzene rings is 1. The van der Waals surface area contributed by atoms with Gasteiger partial charge in [0.15, 0.2) is 0 Å². The number of rotatable bonds is 6. The number of aliphatic hydroxyl groups excluding tert-OH is 1. The summed E-state index contributed by atoms with van der Waals surface area (Å²) >= 11 is 3.41. The molecule has 3 N–H and O–H groups in total. The van der Waals surface area contributed by atoms with E-state index in [1.807, 2.05) is 38.7 Å². The van der Waals surface area contributed by atoms with Crippen LogP contribution >= 0.6 is 22.7 Å². The second kappa shape index (κ2) is 12.4. The van der Waals surface area contributed by atoms with Gasteiger partial charge in [-0.3, -0.25) is 0 Å². The molecule has 160 valence electrons. The number of anilines is 2. The van der Waals surface area contributed by atoms with Crippen molar-refractivity contribution in [3.63, 3.8) is 0 Å². The second-order valence-corrected chi connectivity index (χ2v) is 7.93. The molecule has 3 aromatic heterocycles. The van der Waals surface area contributed by atoms with Crippen LogP contribution in [0.25, 0.3) is 26.0 Å². The zero-order valence-corrected chi connectivity index (χ0v) is 19.8. The minimum atomic E-state index is 0.865. The zero-order chi connectivity index (χ0) is 21.9. The number of likely N-dealkylation sites (N-methyl/N-ethyl adjacent to an activating group) is 1. The number of hydrogen-bond acceptors (Lipinski definition) is 7. The van der Waals surface area contributed by atoms with Gasteiger partial charge in [-0.15, -0.1) is 22.7 Å². The van der Waals surface area contributed by atoms with E-state index < -0.39 is 0 Å². The van der Waals surface area contributed by atoms with Gasteiger partial charge in [-0.2, -0.15) is 0 Å². The largest absolute Gasteiger partial charge is 0.400 e.